The highest BCUT2D eigenvalue weighted by atomic mass is 35.5. The van der Waals surface area contributed by atoms with Crippen LogP contribution in [-0.2, 0) is 14.1 Å². The summed E-state index contributed by atoms with van der Waals surface area (Å²) in [5.74, 6) is 0. The summed E-state index contributed by atoms with van der Waals surface area (Å²) in [6, 6.07) is 10.2. The number of hydrogen-bond donors (Lipinski definition) is 2. The van der Waals surface area contributed by atoms with Gasteiger partial charge in [-0.2, -0.15) is 0 Å². The first-order valence-electron chi connectivity index (χ1n) is 7.98. The summed E-state index contributed by atoms with van der Waals surface area (Å²) < 4.78 is 3.14. The molecule has 3 rings (SSSR count). The van der Waals surface area contributed by atoms with Crippen molar-refractivity contribution < 1.29 is 4.79 Å². The Kier molecular flexibility index (Phi) is 4.65. The maximum Gasteiger partial charge on any atom is 0.328 e. The molecule has 26 heavy (non-hydrogen) atoms. The van der Waals surface area contributed by atoms with Crippen LogP contribution >= 0.6 is 11.6 Å². The molecule has 136 valence electrons. The van der Waals surface area contributed by atoms with Gasteiger partial charge in [0.05, 0.1) is 22.4 Å². The van der Waals surface area contributed by atoms with Crippen molar-refractivity contribution in [2.45, 2.75) is 0 Å². The average Bonchev–Trinajstić information content (AvgIpc) is 2.80. The summed E-state index contributed by atoms with van der Waals surface area (Å²) in [5.41, 5.74) is 3.45. The number of carbonyl (C=O) groups is 1. The van der Waals surface area contributed by atoms with Crippen molar-refractivity contribution in [2.24, 2.45) is 14.1 Å². The zero-order chi connectivity index (χ0) is 19.0. The second kappa shape index (κ2) is 6.76. The first kappa shape index (κ1) is 17.9. The van der Waals surface area contributed by atoms with Crippen LogP contribution in [-0.4, -0.2) is 29.3 Å². The third-order valence-electron chi connectivity index (χ3n) is 4.22. The molecule has 0 saturated heterocycles. The molecule has 0 radical (unpaired) electrons. The number of aryl methyl sites for hydroxylation is 2. The van der Waals surface area contributed by atoms with Crippen molar-refractivity contribution in [1.82, 2.24) is 9.13 Å². The van der Waals surface area contributed by atoms with E-state index in [-0.39, 0.29) is 11.7 Å². The molecule has 2 aromatic carbocycles. The second-order valence-electron chi connectivity index (χ2n) is 6.24. The van der Waals surface area contributed by atoms with Crippen LogP contribution in [0.4, 0.5) is 21.9 Å². The molecule has 0 aliphatic rings. The monoisotopic (exact) mass is 373 g/mol. The number of imidazole rings is 1. The standard InChI is InChI=1S/C18H20ClN5O2/c1-22(2)14-10-16-15(23(3)18(26)24(16)4)9-13(14)21-17(25)20-12-7-5-11(19)6-8-12/h5-10H,1-4H3,(H2,20,21,25). The largest absolute Gasteiger partial charge is 0.376 e. The second-order valence-corrected chi connectivity index (χ2v) is 6.68. The van der Waals surface area contributed by atoms with Crippen LogP contribution < -0.4 is 21.2 Å². The predicted molar refractivity (Wildman–Crippen MR) is 107 cm³/mol. The van der Waals surface area contributed by atoms with Gasteiger partial charge in [0.2, 0.25) is 0 Å². The van der Waals surface area contributed by atoms with E-state index in [2.05, 4.69) is 10.6 Å². The molecule has 8 heteroatoms. The van der Waals surface area contributed by atoms with Gasteiger partial charge in [-0.25, -0.2) is 9.59 Å². The lowest BCUT2D eigenvalue weighted by molar-refractivity contribution is 0.262. The summed E-state index contributed by atoms with van der Waals surface area (Å²) in [5, 5.41) is 6.21. The van der Waals surface area contributed by atoms with Gasteiger partial charge in [0, 0.05) is 38.9 Å². The molecule has 0 spiro atoms. The Morgan fingerprint density at radius 2 is 1.58 bits per heavy atom. The Morgan fingerprint density at radius 3 is 2.15 bits per heavy atom. The van der Waals surface area contributed by atoms with Crippen LogP contribution in [0, 0.1) is 0 Å². The molecular formula is C18H20ClN5O2. The van der Waals surface area contributed by atoms with E-state index in [1.807, 2.05) is 25.1 Å². The van der Waals surface area contributed by atoms with Gasteiger partial charge in [-0.1, -0.05) is 11.6 Å². The average molecular weight is 374 g/mol. The number of aromatic nitrogens is 2. The molecule has 0 unspecified atom stereocenters. The van der Waals surface area contributed by atoms with Crippen molar-refractivity contribution in [3.05, 3.63) is 51.9 Å². The molecule has 0 bridgehead atoms. The van der Waals surface area contributed by atoms with Gasteiger partial charge in [0.1, 0.15) is 0 Å². The number of halogens is 1. The van der Waals surface area contributed by atoms with Crippen molar-refractivity contribution in [1.29, 1.82) is 0 Å². The SMILES string of the molecule is CN(C)c1cc2c(cc1NC(=O)Nc1ccc(Cl)cc1)n(C)c(=O)n2C. The zero-order valence-electron chi connectivity index (χ0n) is 15.0. The quantitative estimate of drug-likeness (QED) is 0.740. The molecule has 0 fully saturated rings. The number of rotatable bonds is 3. The first-order valence-corrected chi connectivity index (χ1v) is 8.36. The molecule has 3 aromatic rings. The Morgan fingerprint density at radius 1 is 1.00 bits per heavy atom. The van der Waals surface area contributed by atoms with E-state index in [1.165, 1.54) is 0 Å². The lowest BCUT2D eigenvalue weighted by atomic mass is 10.2. The van der Waals surface area contributed by atoms with Crippen LogP contribution in [0.3, 0.4) is 0 Å². The topological polar surface area (TPSA) is 71.3 Å². The van der Waals surface area contributed by atoms with Crippen LogP contribution in [0.5, 0.6) is 0 Å². The molecule has 2 N–H and O–H groups in total. The van der Waals surface area contributed by atoms with Gasteiger partial charge in [0.25, 0.3) is 0 Å². The van der Waals surface area contributed by atoms with Crippen molar-refractivity contribution >= 4 is 45.7 Å². The first-order chi connectivity index (χ1) is 12.3. The minimum absolute atomic E-state index is 0.118. The van der Waals surface area contributed by atoms with Gasteiger partial charge in [0.15, 0.2) is 0 Å². The third kappa shape index (κ3) is 3.25. The third-order valence-corrected chi connectivity index (χ3v) is 4.47. The Hall–Kier alpha value is -2.93. The molecule has 1 heterocycles. The van der Waals surface area contributed by atoms with Crippen molar-refractivity contribution in [3.63, 3.8) is 0 Å². The Labute approximate surface area is 155 Å². The highest BCUT2D eigenvalue weighted by Crippen LogP contribution is 2.30. The van der Waals surface area contributed by atoms with E-state index < -0.39 is 0 Å². The number of amides is 2. The number of carbonyl (C=O) groups excluding carboxylic acids is 1. The van der Waals surface area contributed by atoms with E-state index in [0.717, 1.165) is 16.7 Å². The van der Waals surface area contributed by atoms with Gasteiger partial charge in [-0.15, -0.1) is 0 Å². The van der Waals surface area contributed by atoms with Gasteiger partial charge in [-0.05, 0) is 36.4 Å². The van der Waals surface area contributed by atoms with E-state index >= 15 is 0 Å². The van der Waals surface area contributed by atoms with Crippen LogP contribution in [0.15, 0.2) is 41.2 Å². The van der Waals surface area contributed by atoms with Crippen molar-refractivity contribution in [3.8, 4) is 0 Å². The fourth-order valence-electron chi connectivity index (χ4n) is 2.82. The molecule has 2 amide bonds. The maximum absolute atomic E-state index is 12.4. The normalized spacial score (nSPS) is 10.8. The molecule has 0 aliphatic carbocycles. The van der Waals surface area contributed by atoms with Crippen molar-refractivity contribution in [2.75, 3.05) is 29.6 Å². The number of fused-ring (bicyclic) bond motifs is 1. The van der Waals surface area contributed by atoms with Crippen LogP contribution in [0.2, 0.25) is 5.02 Å². The fraction of sp³-hybridized carbons (Fsp3) is 0.222. The van der Waals surface area contributed by atoms with E-state index in [9.17, 15) is 9.59 Å². The molecule has 1 aromatic heterocycles. The number of hydrogen-bond acceptors (Lipinski definition) is 3. The lowest BCUT2D eigenvalue weighted by Crippen LogP contribution is -2.21. The molecule has 0 aliphatic heterocycles. The molecule has 7 nitrogen and oxygen atoms in total. The smallest absolute Gasteiger partial charge is 0.328 e. The summed E-state index contributed by atoms with van der Waals surface area (Å²) in [4.78, 5) is 26.4. The predicted octanol–water partition coefficient (Wildman–Crippen LogP) is 3.24. The number of anilines is 3. The minimum Gasteiger partial charge on any atom is -0.376 e. The number of nitrogens with zero attached hydrogens (tertiary/aromatic N) is 3. The van der Waals surface area contributed by atoms with Gasteiger partial charge < -0.3 is 15.5 Å². The van der Waals surface area contributed by atoms with Crippen LogP contribution in [0.25, 0.3) is 11.0 Å². The zero-order valence-corrected chi connectivity index (χ0v) is 15.8. The Bertz CT molecular complexity index is 1030. The van der Waals surface area contributed by atoms with E-state index in [4.69, 9.17) is 11.6 Å². The number of benzene rings is 2. The fourth-order valence-corrected chi connectivity index (χ4v) is 2.95. The summed E-state index contributed by atoms with van der Waals surface area (Å²) in [6.07, 6.45) is 0. The number of urea groups is 1. The van der Waals surface area contributed by atoms with E-state index in [1.54, 1.807) is 53.6 Å². The van der Waals surface area contributed by atoms with Crippen LogP contribution in [0.1, 0.15) is 0 Å². The van der Waals surface area contributed by atoms with Gasteiger partial charge in [-0.3, -0.25) is 9.13 Å². The Balaban J connectivity index is 1.96. The lowest BCUT2D eigenvalue weighted by Gasteiger charge is -2.19. The highest BCUT2D eigenvalue weighted by molar-refractivity contribution is 6.30. The molecule has 0 atom stereocenters. The van der Waals surface area contributed by atoms with E-state index in [0.29, 0.717) is 16.4 Å². The summed E-state index contributed by atoms with van der Waals surface area (Å²) >= 11 is 5.85. The van der Waals surface area contributed by atoms with Gasteiger partial charge >= 0.3 is 11.7 Å². The highest BCUT2D eigenvalue weighted by Gasteiger charge is 2.15. The molecule has 0 saturated carbocycles. The summed E-state index contributed by atoms with van der Waals surface area (Å²) in [6.45, 7) is 0. The minimum atomic E-state index is -0.379. The maximum atomic E-state index is 12.4. The molecular weight excluding hydrogens is 354 g/mol. The summed E-state index contributed by atoms with van der Waals surface area (Å²) in [7, 11) is 7.19. The number of nitrogens with one attached hydrogen (secondary N) is 2.